The topological polar surface area (TPSA) is 17.8 Å². The number of imidazole rings is 1. The Morgan fingerprint density at radius 3 is 2.79 bits per heavy atom. The third-order valence-electron chi connectivity index (χ3n) is 4.83. The molecule has 102 valence electrons. The Morgan fingerprint density at radius 2 is 2.11 bits per heavy atom. The average molecular weight is 277 g/mol. The van der Waals surface area contributed by atoms with E-state index in [0.717, 1.165) is 17.3 Å². The highest BCUT2D eigenvalue weighted by Crippen LogP contribution is 2.43. The van der Waals surface area contributed by atoms with Crippen LogP contribution in [0.1, 0.15) is 45.0 Å². The molecule has 1 aromatic carbocycles. The van der Waals surface area contributed by atoms with E-state index in [2.05, 4.69) is 36.6 Å². The Kier molecular flexibility index (Phi) is 3.53. The predicted molar refractivity (Wildman–Crippen MR) is 80.5 cm³/mol. The average Bonchev–Trinajstić information content (AvgIpc) is 2.98. The lowest BCUT2D eigenvalue weighted by Crippen LogP contribution is -2.17. The van der Waals surface area contributed by atoms with Gasteiger partial charge in [0.05, 0.1) is 16.9 Å². The second-order valence-corrected chi connectivity index (χ2v) is 5.96. The normalized spacial score (nSPS) is 27.2. The van der Waals surface area contributed by atoms with Crippen LogP contribution in [0, 0.1) is 11.8 Å². The lowest BCUT2D eigenvalue weighted by Gasteiger charge is -2.23. The number of alkyl halides is 1. The summed E-state index contributed by atoms with van der Waals surface area (Å²) in [6, 6.07) is 8.95. The molecule has 19 heavy (non-hydrogen) atoms. The molecule has 3 unspecified atom stereocenters. The fourth-order valence-corrected chi connectivity index (χ4v) is 3.91. The largest absolute Gasteiger partial charge is 0.324 e. The summed E-state index contributed by atoms with van der Waals surface area (Å²) >= 11 is 6.12. The number of benzene rings is 1. The molecule has 0 amide bonds. The van der Waals surface area contributed by atoms with E-state index in [4.69, 9.17) is 16.6 Å². The second kappa shape index (κ2) is 5.16. The van der Waals surface area contributed by atoms with Gasteiger partial charge in [-0.1, -0.05) is 32.4 Å². The van der Waals surface area contributed by atoms with Crippen molar-refractivity contribution in [3.05, 3.63) is 30.1 Å². The molecule has 0 aliphatic heterocycles. The summed E-state index contributed by atoms with van der Waals surface area (Å²) in [6.07, 6.45) is 3.86. The van der Waals surface area contributed by atoms with Crippen molar-refractivity contribution in [1.29, 1.82) is 0 Å². The van der Waals surface area contributed by atoms with E-state index < -0.39 is 0 Å². The maximum atomic E-state index is 6.12. The second-order valence-electron chi connectivity index (χ2n) is 5.69. The van der Waals surface area contributed by atoms with Crippen molar-refractivity contribution >= 4 is 22.6 Å². The van der Waals surface area contributed by atoms with Crippen LogP contribution in [0.4, 0.5) is 0 Å². The van der Waals surface area contributed by atoms with Gasteiger partial charge in [0.15, 0.2) is 0 Å². The maximum absolute atomic E-state index is 6.12. The number of aromatic nitrogens is 2. The lowest BCUT2D eigenvalue weighted by atomic mass is 9.93. The minimum atomic E-state index is 0.495. The number of hydrogen-bond donors (Lipinski definition) is 0. The van der Waals surface area contributed by atoms with Crippen LogP contribution in [0.25, 0.3) is 11.0 Å². The van der Waals surface area contributed by atoms with Crippen LogP contribution < -0.4 is 0 Å². The molecule has 1 aromatic heterocycles. The van der Waals surface area contributed by atoms with Crippen molar-refractivity contribution < 1.29 is 0 Å². The van der Waals surface area contributed by atoms with Crippen LogP contribution in [-0.4, -0.2) is 9.55 Å². The van der Waals surface area contributed by atoms with Gasteiger partial charge in [0.1, 0.15) is 5.82 Å². The van der Waals surface area contributed by atoms with Crippen molar-refractivity contribution in [2.75, 3.05) is 0 Å². The first-order chi connectivity index (χ1) is 9.26. The Morgan fingerprint density at radius 1 is 1.32 bits per heavy atom. The molecule has 1 fully saturated rings. The maximum Gasteiger partial charge on any atom is 0.125 e. The van der Waals surface area contributed by atoms with Gasteiger partial charge >= 0.3 is 0 Å². The van der Waals surface area contributed by atoms with Crippen molar-refractivity contribution in [2.24, 2.45) is 11.8 Å². The minimum Gasteiger partial charge on any atom is -0.324 e. The van der Waals surface area contributed by atoms with Crippen LogP contribution in [0.2, 0.25) is 0 Å². The number of para-hydroxylation sites is 2. The molecule has 0 spiro atoms. The Balaban J connectivity index is 2.09. The van der Waals surface area contributed by atoms with Crippen LogP contribution in [-0.2, 0) is 5.88 Å². The molecule has 1 aliphatic carbocycles. The van der Waals surface area contributed by atoms with Gasteiger partial charge in [-0.05, 0) is 36.8 Å². The van der Waals surface area contributed by atoms with Gasteiger partial charge in [-0.25, -0.2) is 4.98 Å². The molecule has 0 bridgehead atoms. The fourth-order valence-electron chi connectivity index (χ4n) is 3.72. The zero-order valence-corrected chi connectivity index (χ0v) is 12.4. The van der Waals surface area contributed by atoms with E-state index in [0.29, 0.717) is 17.8 Å². The monoisotopic (exact) mass is 276 g/mol. The molecule has 2 aromatic rings. The van der Waals surface area contributed by atoms with E-state index in [-0.39, 0.29) is 0 Å². The van der Waals surface area contributed by atoms with Crippen LogP contribution >= 0.6 is 11.6 Å². The van der Waals surface area contributed by atoms with E-state index in [9.17, 15) is 0 Å². The van der Waals surface area contributed by atoms with Crippen molar-refractivity contribution in [1.82, 2.24) is 9.55 Å². The third-order valence-corrected chi connectivity index (χ3v) is 5.07. The highest BCUT2D eigenvalue weighted by atomic mass is 35.5. The van der Waals surface area contributed by atoms with Gasteiger partial charge in [-0.3, -0.25) is 0 Å². The number of halogens is 1. The fraction of sp³-hybridized carbons (Fsp3) is 0.562. The molecule has 1 saturated carbocycles. The van der Waals surface area contributed by atoms with Gasteiger partial charge in [-0.15, -0.1) is 11.6 Å². The summed E-state index contributed by atoms with van der Waals surface area (Å²) in [6.45, 7) is 4.69. The number of hydrogen-bond acceptors (Lipinski definition) is 1. The summed E-state index contributed by atoms with van der Waals surface area (Å²) in [5, 5.41) is 0. The zero-order chi connectivity index (χ0) is 13.4. The van der Waals surface area contributed by atoms with Gasteiger partial charge in [0.2, 0.25) is 0 Å². The molecule has 1 aliphatic rings. The Bertz CT molecular complexity index is 575. The minimum absolute atomic E-state index is 0.495. The molecule has 0 N–H and O–H groups in total. The predicted octanol–water partition coefficient (Wildman–Crippen LogP) is 4.77. The van der Waals surface area contributed by atoms with E-state index in [1.165, 1.54) is 24.8 Å². The molecule has 3 heteroatoms. The first kappa shape index (κ1) is 13.0. The summed E-state index contributed by atoms with van der Waals surface area (Å²) in [5.74, 6) is 3.07. The standard InChI is InChI=1S/C16H21ClN2/c1-3-12-8-9-14(11(12)2)19-15-7-5-4-6-13(15)18-16(19)10-17/h4-7,11-12,14H,3,8-10H2,1-2H3. The smallest absolute Gasteiger partial charge is 0.125 e. The van der Waals surface area contributed by atoms with Gasteiger partial charge in [0, 0.05) is 6.04 Å². The zero-order valence-electron chi connectivity index (χ0n) is 11.6. The summed E-state index contributed by atoms with van der Waals surface area (Å²) in [7, 11) is 0. The molecule has 2 nitrogen and oxygen atoms in total. The van der Waals surface area contributed by atoms with E-state index in [1.54, 1.807) is 0 Å². The summed E-state index contributed by atoms with van der Waals surface area (Å²) in [5.41, 5.74) is 2.32. The molecule has 3 rings (SSSR count). The van der Waals surface area contributed by atoms with Gasteiger partial charge in [-0.2, -0.15) is 0 Å². The summed E-state index contributed by atoms with van der Waals surface area (Å²) in [4.78, 5) is 4.69. The molecule has 1 heterocycles. The van der Waals surface area contributed by atoms with Crippen molar-refractivity contribution in [2.45, 2.75) is 45.0 Å². The molecular weight excluding hydrogens is 256 g/mol. The van der Waals surface area contributed by atoms with Crippen LogP contribution in [0.5, 0.6) is 0 Å². The van der Waals surface area contributed by atoms with Crippen molar-refractivity contribution in [3.8, 4) is 0 Å². The van der Waals surface area contributed by atoms with Crippen molar-refractivity contribution in [3.63, 3.8) is 0 Å². The molecule has 0 radical (unpaired) electrons. The molecule has 3 atom stereocenters. The number of fused-ring (bicyclic) bond motifs is 1. The lowest BCUT2D eigenvalue weighted by molar-refractivity contribution is 0.330. The van der Waals surface area contributed by atoms with Crippen LogP contribution in [0.3, 0.4) is 0 Å². The molecular formula is C16H21ClN2. The van der Waals surface area contributed by atoms with E-state index in [1.807, 2.05) is 6.07 Å². The first-order valence-electron chi connectivity index (χ1n) is 7.28. The Labute approximate surface area is 119 Å². The van der Waals surface area contributed by atoms with Crippen LogP contribution in [0.15, 0.2) is 24.3 Å². The highest BCUT2D eigenvalue weighted by molar-refractivity contribution is 6.16. The summed E-state index contributed by atoms with van der Waals surface area (Å²) < 4.78 is 2.41. The van der Waals surface area contributed by atoms with Gasteiger partial charge in [0.25, 0.3) is 0 Å². The Hall–Kier alpha value is -1.02. The molecule has 0 saturated heterocycles. The van der Waals surface area contributed by atoms with Gasteiger partial charge < -0.3 is 4.57 Å². The quantitative estimate of drug-likeness (QED) is 0.738. The number of nitrogens with zero attached hydrogens (tertiary/aromatic N) is 2. The number of rotatable bonds is 3. The highest BCUT2D eigenvalue weighted by Gasteiger charge is 2.34. The van der Waals surface area contributed by atoms with E-state index >= 15 is 0 Å². The SMILES string of the molecule is CCC1CCC(n2c(CCl)nc3ccccc32)C1C. The first-order valence-corrected chi connectivity index (χ1v) is 7.81. The third kappa shape index (κ3) is 2.06.